The number of nitrogens with one attached hydrogen (secondary N) is 2. The van der Waals surface area contributed by atoms with Crippen molar-refractivity contribution in [2.45, 2.75) is 13.0 Å². The van der Waals surface area contributed by atoms with Crippen LogP contribution in [0.1, 0.15) is 5.56 Å². The van der Waals surface area contributed by atoms with Crippen LogP contribution in [0.5, 0.6) is 11.5 Å². The fourth-order valence-corrected chi connectivity index (χ4v) is 2.54. The first-order valence-electron chi connectivity index (χ1n) is 8.71. The number of tetrazole rings is 1. The molecule has 0 aliphatic rings. The van der Waals surface area contributed by atoms with Crippen molar-refractivity contribution in [3.8, 4) is 22.9 Å². The Morgan fingerprint density at radius 3 is 2.48 bits per heavy atom. The summed E-state index contributed by atoms with van der Waals surface area (Å²) in [5, 5.41) is 11.9. The van der Waals surface area contributed by atoms with Gasteiger partial charge in [0.15, 0.2) is 0 Å². The lowest BCUT2D eigenvalue weighted by Gasteiger charge is -2.11. The van der Waals surface area contributed by atoms with Gasteiger partial charge < -0.3 is 9.47 Å². The van der Waals surface area contributed by atoms with Gasteiger partial charge in [0, 0.05) is 17.2 Å². The predicted octanol–water partition coefficient (Wildman–Crippen LogP) is 0.747. The molecule has 0 saturated carbocycles. The average molecular weight is 396 g/mol. The number of hydrazine groups is 1. The number of amides is 2. The first kappa shape index (κ1) is 19.8. The second-order valence-electron chi connectivity index (χ2n) is 5.96. The van der Waals surface area contributed by atoms with Crippen LogP contribution in [0.4, 0.5) is 0 Å². The Morgan fingerprint density at radius 2 is 1.76 bits per heavy atom. The molecule has 1 aromatic heterocycles. The number of carbonyl (C=O) groups excluding carboxylic acids is 2. The second kappa shape index (κ2) is 9.31. The Balaban J connectivity index is 1.51. The fraction of sp³-hybridized carbons (Fsp3) is 0.211. The van der Waals surface area contributed by atoms with Crippen molar-refractivity contribution >= 4 is 11.8 Å². The lowest BCUT2D eigenvalue weighted by Crippen LogP contribution is -2.44. The van der Waals surface area contributed by atoms with Crippen molar-refractivity contribution in [2.24, 2.45) is 0 Å². The first-order valence-corrected chi connectivity index (χ1v) is 8.71. The summed E-state index contributed by atoms with van der Waals surface area (Å²) in [5.41, 5.74) is 6.13. The van der Waals surface area contributed by atoms with E-state index in [9.17, 15) is 9.59 Å². The van der Waals surface area contributed by atoms with E-state index in [1.54, 1.807) is 25.3 Å². The molecule has 2 N–H and O–H groups in total. The van der Waals surface area contributed by atoms with Crippen molar-refractivity contribution < 1.29 is 19.1 Å². The Bertz CT molecular complexity index is 989. The maximum atomic E-state index is 12.1. The van der Waals surface area contributed by atoms with E-state index >= 15 is 0 Å². The lowest BCUT2D eigenvalue weighted by atomic mass is 10.1. The molecule has 0 bridgehead atoms. The molecule has 2 amide bonds. The van der Waals surface area contributed by atoms with E-state index in [1.807, 2.05) is 30.3 Å². The zero-order valence-corrected chi connectivity index (χ0v) is 16.0. The van der Waals surface area contributed by atoms with E-state index in [0.717, 1.165) is 10.4 Å². The van der Waals surface area contributed by atoms with Crippen LogP contribution in [0.25, 0.3) is 11.4 Å². The van der Waals surface area contributed by atoms with E-state index in [0.29, 0.717) is 22.9 Å². The summed E-state index contributed by atoms with van der Waals surface area (Å²) in [4.78, 5) is 25.3. The van der Waals surface area contributed by atoms with Crippen molar-refractivity contribution in [3.63, 3.8) is 0 Å². The van der Waals surface area contributed by atoms with Crippen molar-refractivity contribution in [2.75, 3.05) is 14.2 Å². The predicted molar refractivity (Wildman–Crippen MR) is 103 cm³/mol. The van der Waals surface area contributed by atoms with Crippen LogP contribution in [0, 0.1) is 0 Å². The summed E-state index contributed by atoms with van der Waals surface area (Å²) in [6.45, 7) is -0.189. The molecular formula is C19H20N6O4. The molecule has 29 heavy (non-hydrogen) atoms. The molecule has 150 valence electrons. The Kier molecular flexibility index (Phi) is 6.36. The molecule has 0 radical (unpaired) electrons. The first-order chi connectivity index (χ1) is 14.1. The summed E-state index contributed by atoms with van der Waals surface area (Å²) in [6.07, 6.45) is 0.0210. The molecule has 0 aliphatic heterocycles. The van der Waals surface area contributed by atoms with Crippen LogP contribution in [0.2, 0.25) is 0 Å². The SMILES string of the molecule is COc1ccc(CC(=O)NNC(=O)Cn2nnc(-c3ccccc3)n2)c(OC)c1. The molecule has 3 rings (SSSR count). The maximum Gasteiger partial charge on any atom is 0.262 e. The number of hydrogen-bond donors (Lipinski definition) is 2. The highest BCUT2D eigenvalue weighted by Gasteiger charge is 2.12. The van der Waals surface area contributed by atoms with Crippen molar-refractivity contribution in [1.82, 2.24) is 31.1 Å². The summed E-state index contributed by atoms with van der Waals surface area (Å²) < 4.78 is 10.4. The summed E-state index contributed by atoms with van der Waals surface area (Å²) in [6, 6.07) is 14.4. The number of benzene rings is 2. The molecule has 3 aromatic rings. The standard InChI is InChI=1S/C19H20N6O4/c1-28-15-9-8-14(16(11-15)29-2)10-17(26)20-21-18(27)12-25-23-19(22-24-25)13-6-4-3-5-7-13/h3-9,11H,10,12H2,1-2H3,(H,20,26)(H,21,27). The normalized spacial score (nSPS) is 10.3. The molecule has 0 saturated heterocycles. The minimum absolute atomic E-state index is 0.0210. The Labute approximate surface area is 166 Å². The molecule has 0 unspecified atom stereocenters. The van der Waals surface area contributed by atoms with Gasteiger partial charge in [-0.1, -0.05) is 36.4 Å². The molecule has 0 spiro atoms. The number of rotatable bonds is 7. The van der Waals surface area contributed by atoms with Gasteiger partial charge in [-0.15, -0.1) is 10.2 Å². The van der Waals surface area contributed by atoms with Gasteiger partial charge in [-0.05, 0) is 11.3 Å². The molecule has 0 atom stereocenters. The van der Waals surface area contributed by atoms with Gasteiger partial charge >= 0.3 is 0 Å². The smallest absolute Gasteiger partial charge is 0.262 e. The molecule has 10 heteroatoms. The summed E-state index contributed by atoms with van der Waals surface area (Å²) in [7, 11) is 3.05. The number of hydrogen-bond acceptors (Lipinski definition) is 7. The van der Waals surface area contributed by atoms with Gasteiger partial charge in [-0.3, -0.25) is 20.4 Å². The van der Waals surface area contributed by atoms with Gasteiger partial charge in [0.05, 0.1) is 20.6 Å². The van der Waals surface area contributed by atoms with Gasteiger partial charge in [0.1, 0.15) is 18.0 Å². The van der Waals surface area contributed by atoms with E-state index < -0.39 is 11.8 Å². The van der Waals surface area contributed by atoms with Gasteiger partial charge in [0.25, 0.3) is 5.91 Å². The third kappa shape index (κ3) is 5.28. The molecule has 1 heterocycles. The highest BCUT2D eigenvalue weighted by molar-refractivity contribution is 5.83. The van der Waals surface area contributed by atoms with E-state index in [2.05, 4.69) is 26.3 Å². The number of ether oxygens (including phenoxy) is 2. The molecule has 0 aliphatic carbocycles. The number of nitrogens with zero attached hydrogens (tertiary/aromatic N) is 4. The minimum Gasteiger partial charge on any atom is -0.497 e. The number of carbonyl (C=O) groups is 2. The fourth-order valence-electron chi connectivity index (χ4n) is 2.54. The zero-order valence-electron chi connectivity index (χ0n) is 16.0. The van der Waals surface area contributed by atoms with E-state index in [1.165, 1.54) is 7.11 Å². The minimum atomic E-state index is -0.489. The lowest BCUT2D eigenvalue weighted by molar-refractivity contribution is -0.129. The van der Waals surface area contributed by atoms with Crippen LogP contribution in [-0.4, -0.2) is 46.2 Å². The number of aromatic nitrogens is 4. The van der Waals surface area contributed by atoms with Crippen LogP contribution in [0.3, 0.4) is 0 Å². The third-order valence-electron chi connectivity index (χ3n) is 3.96. The quantitative estimate of drug-likeness (QED) is 0.565. The van der Waals surface area contributed by atoms with Crippen LogP contribution in [0.15, 0.2) is 48.5 Å². The van der Waals surface area contributed by atoms with Gasteiger partial charge in [-0.25, -0.2) is 0 Å². The van der Waals surface area contributed by atoms with Crippen LogP contribution < -0.4 is 20.3 Å². The molecule has 2 aromatic carbocycles. The highest BCUT2D eigenvalue weighted by Crippen LogP contribution is 2.24. The Hall–Kier alpha value is -3.95. The maximum absolute atomic E-state index is 12.1. The van der Waals surface area contributed by atoms with Crippen molar-refractivity contribution in [3.05, 3.63) is 54.1 Å². The third-order valence-corrected chi connectivity index (χ3v) is 3.96. The highest BCUT2D eigenvalue weighted by atomic mass is 16.5. The number of methoxy groups -OCH3 is 2. The average Bonchev–Trinajstić information content (AvgIpc) is 3.21. The largest absolute Gasteiger partial charge is 0.497 e. The summed E-state index contributed by atoms with van der Waals surface area (Å²) in [5.74, 6) is 0.657. The monoisotopic (exact) mass is 396 g/mol. The summed E-state index contributed by atoms with van der Waals surface area (Å²) >= 11 is 0. The molecule has 0 fully saturated rings. The van der Waals surface area contributed by atoms with Crippen molar-refractivity contribution in [1.29, 1.82) is 0 Å². The zero-order chi connectivity index (χ0) is 20.6. The second-order valence-corrected chi connectivity index (χ2v) is 5.96. The van der Waals surface area contributed by atoms with Crippen LogP contribution >= 0.6 is 0 Å². The van der Waals surface area contributed by atoms with Crippen LogP contribution in [-0.2, 0) is 22.6 Å². The topological polar surface area (TPSA) is 120 Å². The van der Waals surface area contributed by atoms with Gasteiger partial charge in [-0.2, -0.15) is 4.80 Å². The van der Waals surface area contributed by atoms with Gasteiger partial charge in [0.2, 0.25) is 11.7 Å². The Morgan fingerprint density at radius 1 is 1.00 bits per heavy atom. The van der Waals surface area contributed by atoms with E-state index in [-0.39, 0.29) is 13.0 Å². The molecular weight excluding hydrogens is 376 g/mol. The molecule has 10 nitrogen and oxygen atoms in total. The van der Waals surface area contributed by atoms with E-state index in [4.69, 9.17) is 9.47 Å².